The second-order valence-corrected chi connectivity index (χ2v) is 5.62. The molecule has 104 valence electrons. The highest BCUT2D eigenvalue weighted by molar-refractivity contribution is 7.12. The van der Waals surface area contributed by atoms with E-state index in [4.69, 9.17) is 14.9 Å². The summed E-state index contributed by atoms with van der Waals surface area (Å²) in [6.45, 7) is 3.44. The van der Waals surface area contributed by atoms with E-state index in [0.717, 1.165) is 24.5 Å². The largest absolute Gasteiger partial charge is 0.395 e. The maximum absolute atomic E-state index is 9.11. The van der Waals surface area contributed by atoms with E-state index in [1.54, 1.807) is 11.3 Å². The minimum absolute atomic E-state index is 0.0578. The predicted molar refractivity (Wildman–Crippen MR) is 75.0 cm³/mol. The smallest absolute Gasteiger partial charge is 0.0933 e. The van der Waals surface area contributed by atoms with Crippen molar-refractivity contribution >= 4 is 11.3 Å². The van der Waals surface area contributed by atoms with Crippen molar-refractivity contribution in [1.29, 1.82) is 0 Å². The number of ether oxygens (including phenoxy) is 1. The van der Waals surface area contributed by atoms with Crippen LogP contribution in [0.5, 0.6) is 0 Å². The van der Waals surface area contributed by atoms with Crippen LogP contribution in [0.2, 0.25) is 0 Å². The van der Waals surface area contributed by atoms with E-state index in [9.17, 15) is 0 Å². The van der Waals surface area contributed by atoms with Crippen LogP contribution in [0, 0.1) is 11.8 Å². The molecule has 0 bridgehead atoms. The van der Waals surface area contributed by atoms with Crippen LogP contribution in [0.15, 0.2) is 12.1 Å². The Bertz CT molecular complexity index is 449. The average Bonchev–Trinajstić information content (AvgIpc) is 2.87. The summed E-state index contributed by atoms with van der Waals surface area (Å²) in [4.78, 5) is 4.60. The minimum Gasteiger partial charge on any atom is -0.395 e. The van der Waals surface area contributed by atoms with Crippen molar-refractivity contribution in [1.82, 2.24) is 4.90 Å². The fourth-order valence-corrected chi connectivity index (χ4v) is 2.92. The van der Waals surface area contributed by atoms with Gasteiger partial charge in [0.2, 0.25) is 0 Å². The molecule has 1 fully saturated rings. The van der Waals surface area contributed by atoms with Crippen LogP contribution in [0.25, 0.3) is 0 Å². The van der Waals surface area contributed by atoms with E-state index >= 15 is 0 Å². The van der Waals surface area contributed by atoms with Crippen molar-refractivity contribution in [2.24, 2.45) is 0 Å². The maximum atomic E-state index is 9.11. The van der Waals surface area contributed by atoms with Gasteiger partial charge in [0.1, 0.15) is 0 Å². The topological polar surface area (TPSA) is 52.9 Å². The Kier molecular flexibility index (Phi) is 5.83. The van der Waals surface area contributed by atoms with Gasteiger partial charge in [0.05, 0.1) is 30.8 Å². The van der Waals surface area contributed by atoms with Gasteiger partial charge < -0.3 is 14.9 Å². The normalized spacial score (nSPS) is 20.0. The van der Waals surface area contributed by atoms with Crippen LogP contribution in [0.1, 0.15) is 16.2 Å². The minimum atomic E-state index is -0.0578. The SMILES string of the molecule is OCCC#Cc1ccc(CN2CCOC(CO)C2)s1. The Labute approximate surface area is 117 Å². The van der Waals surface area contributed by atoms with Crippen molar-refractivity contribution in [2.45, 2.75) is 19.1 Å². The summed E-state index contributed by atoms with van der Waals surface area (Å²) >= 11 is 1.69. The molecule has 1 aromatic heterocycles. The van der Waals surface area contributed by atoms with E-state index in [-0.39, 0.29) is 19.3 Å². The van der Waals surface area contributed by atoms with Crippen LogP contribution in [-0.2, 0) is 11.3 Å². The molecule has 4 nitrogen and oxygen atoms in total. The molecule has 19 heavy (non-hydrogen) atoms. The molecule has 2 N–H and O–H groups in total. The van der Waals surface area contributed by atoms with Gasteiger partial charge in [-0.1, -0.05) is 11.8 Å². The summed E-state index contributed by atoms with van der Waals surface area (Å²) in [5, 5.41) is 17.8. The Morgan fingerprint density at radius 2 is 2.32 bits per heavy atom. The molecule has 1 unspecified atom stereocenters. The number of aliphatic hydroxyl groups is 2. The third kappa shape index (κ3) is 4.60. The molecule has 1 aliphatic heterocycles. The standard InChI is InChI=1S/C14H19NO3S/c16-7-2-1-3-13-4-5-14(19-13)10-15-6-8-18-12(9-15)11-17/h4-5,12,16-17H,2,6-11H2. The molecule has 0 saturated carbocycles. The number of nitrogens with zero attached hydrogens (tertiary/aromatic N) is 1. The van der Waals surface area contributed by atoms with Crippen LogP contribution in [0.3, 0.4) is 0 Å². The van der Waals surface area contributed by atoms with Crippen molar-refractivity contribution in [2.75, 3.05) is 32.9 Å². The molecule has 1 saturated heterocycles. The monoisotopic (exact) mass is 281 g/mol. The van der Waals surface area contributed by atoms with E-state index in [0.29, 0.717) is 13.0 Å². The van der Waals surface area contributed by atoms with Crippen molar-refractivity contribution < 1.29 is 14.9 Å². The average molecular weight is 281 g/mol. The van der Waals surface area contributed by atoms with Gasteiger partial charge in [-0.05, 0) is 12.1 Å². The van der Waals surface area contributed by atoms with Gasteiger partial charge in [-0.2, -0.15) is 0 Å². The summed E-state index contributed by atoms with van der Waals surface area (Å²) < 4.78 is 5.43. The first-order valence-corrected chi connectivity index (χ1v) is 7.26. The second kappa shape index (κ2) is 7.63. The van der Waals surface area contributed by atoms with Gasteiger partial charge in [-0.3, -0.25) is 4.90 Å². The first-order valence-electron chi connectivity index (χ1n) is 6.45. The fourth-order valence-electron chi connectivity index (χ4n) is 1.99. The van der Waals surface area contributed by atoms with Gasteiger partial charge in [0, 0.05) is 30.9 Å². The van der Waals surface area contributed by atoms with Crippen LogP contribution < -0.4 is 0 Å². The number of rotatable bonds is 4. The number of morpholine rings is 1. The number of hydrogen-bond acceptors (Lipinski definition) is 5. The Balaban J connectivity index is 1.87. The lowest BCUT2D eigenvalue weighted by molar-refractivity contribution is -0.0548. The Hall–Kier alpha value is -0.900. The van der Waals surface area contributed by atoms with E-state index in [2.05, 4.69) is 22.8 Å². The van der Waals surface area contributed by atoms with Crippen molar-refractivity contribution in [3.8, 4) is 11.8 Å². The first-order chi connectivity index (χ1) is 9.31. The van der Waals surface area contributed by atoms with Gasteiger partial charge in [0.25, 0.3) is 0 Å². The lowest BCUT2D eigenvalue weighted by Gasteiger charge is -2.31. The third-order valence-corrected chi connectivity index (χ3v) is 3.90. The quantitative estimate of drug-likeness (QED) is 0.797. The summed E-state index contributed by atoms with van der Waals surface area (Å²) in [5.41, 5.74) is 0. The molecule has 0 aliphatic carbocycles. The lowest BCUT2D eigenvalue weighted by atomic mass is 10.2. The van der Waals surface area contributed by atoms with E-state index in [1.165, 1.54) is 4.88 Å². The number of hydrogen-bond donors (Lipinski definition) is 2. The molecule has 0 radical (unpaired) electrons. The molecular weight excluding hydrogens is 262 g/mol. The van der Waals surface area contributed by atoms with E-state index in [1.807, 2.05) is 6.07 Å². The zero-order valence-corrected chi connectivity index (χ0v) is 11.7. The molecule has 2 heterocycles. The fraction of sp³-hybridized carbons (Fsp3) is 0.571. The Morgan fingerprint density at radius 3 is 3.11 bits per heavy atom. The Morgan fingerprint density at radius 1 is 1.42 bits per heavy atom. The highest BCUT2D eigenvalue weighted by Gasteiger charge is 2.19. The molecule has 0 amide bonds. The number of aliphatic hydroxyl groups excluding tert-OH is 2. The van der Waals surface area contributed by atoms with Gasteiger partial charge in [-0.15, -0.1) is 11.3 Å². The molecular formula is C14H19NO3S. The van der Waals surface area contributed by atoms with Crippen LogP contribution in [0.4, 0.5) is 0 Å². The number of thiophene rings is 1. The van der Waals surface area contributed by atoms with Gasteiger partial charge in [0.15, 0.2) is 0 Å². The van der Waals surface area contributed by atoms with Crippen LogP contribution in [-0.4, -0.2) is 54.1 Å². The van der Waals surface area contributed by atoms with Gasteiger partial charge >= 0.3 is 0 Å². The molecule has 2 rings (SSSR count). The van der Waals surface area contributed by atoms with Crippen LogP contribution >= 0.6 is 11.3 Å². The second-order valence-electron chi connectivity index (χ2n) is 4.45. The molecule has 1 atom stereocenters. The highest BCUT2D eigenvalue weighted by atomic mass is 32.1. The summed E-state index contributed by atoms with van der Waals surface area (Å²) in [6.07, 6.45) is 0.465. The predicted octanol–water partition coefficient (Wildman–Crippen LogP) is 0.675. The lowest BCUT2D eigenvalue weighted by Crippen LogP contribution is -2.43. The van der Waals surface area contributed by atoms with Crippen molar-refractivity contribution in [3.05, 3.63) is 21.9 Å². The van der Waals surface area contributed by atoms with E-state index < -0.39 is 0 Å². The maximum Gasteiger partial charge on any atom is 0.0933 e. The molecule has 0 aromatic carbocycles. The van der Waals surface area contributed by atoms with Gasteiger partial charge in [-0.25, -0.2) is 0 Å². The molecule has 5 heteroatoms. The molecule has 1 aromatic rings. The zero-order valence-electron chi connectivity index (χ0n) is 10.8. The summed E-state index contributed by atoms with van der Waals surface area (Å²) in [5.74, 6) is 5.98. The summed E-state index contributed by atoms with van der Waals surface area (Å²) in [7, 11) is 0. The molecule has 1 aliphatic rings. The zero-order chi connectivity index (χ0) is 13.5. The highest BCUT2D eigenvalue weighted by Crippen LogP contribution is 2.18. The third-order valence-electron chi connectivity index (χ3n) is 2.92. The van der Waals surface area contributed by atoms with Crippen molar-refractivity contribution in [3.63, 3.8) is 0 Å². The molecule has 0 spiro atoms. The summed E-state index contributed by atoms with van der Waals surface area (Å²) in [6, 6.07) is 4.12. The first kappa shape index (κ1) is 14.5.